The summed E-state index contributed by atoms with van der Waals surface area (Å²) in [4.78, 5) is 23.6. The molecule has 7 heteroatoms. The molecule has 0 bridgehead atoms. The molecule has 0 atom stereocenters. The normalized spacial score (nSPS) is 10.6. The first-order chi connectivity index (χ1) is 11.5. The minimum Gasteiger partial charge on any atom is -0.366 e. The van der Waals surface area contributed by atoms with Crippen molar-refractivity contribution in [2.75, 3.05) is 12.4 Å². The van der Waals surface area contributed by atoms with Crippen LogP contribution in [0, 0.1) is 6.92 Å². The Balaban J connectivity index is 2.18. The third kappa shape index (κ3) is 2.96. The Morgan fingerprint density at radius 2 is 2.08 bits per heavy atom. The Kier molecular flexibility index (Phi) is 4.22. The van der Waals surface area contributed by atoms with Crippen molar-refractivity contribution in [2.45, 2.75) is 6.92 Å². The van der Waals surface area contributed by atoms with E-state index in [1.807, 2.05) is 13.0 Å². The van der Waals surface area contributed by atoms with Crippen molar-refractivity contribution in [3.05, 3.63) is 52.7 Å². The lowest BCUT2D eigenvalue weighted by Crippen LogP contribution is -2.11. The number of carbonyl (C=O) groups excluding carboxylic acids is 1. The number of rotatable bonds is 4. The summed E-state index contributed by atoms with van der Waals surface area (Å²) in [5, 5.41) is 3.47. The van der Waals surface area contributed by atoms with Crippen LogP contribution in [0.5, 0.6) is 0 Å². The second-order valence-electron chi connectivity index (χ2n) is 5.31. The van der Waals surface area contributed by atoms with Crippen molar-refractivity contribution in [2.24, 2.45) is 5.73 Å². The van der Waals surface area contributed by atoms with E-state index in [0.29, 0.717) is 33.6 Å². The molecule has 3 rings (SSSR count). The number of hydrogen-bond donors (Lipinski definition) is 3. The average molecular weight is 342 g/mol. The molecule has 6 nitrogen and oxygen atoms in total. The summed E-state index contributed by atoms with van der Waals surface area (Å²) in [5.74, 6) is -0.0296. The van der Waals surface area contributed by atoms with Crippen LogP contribution in [0.15, 0.2) is 36.5 Å². The number of halogens is 1. The molecule has 0 spiro atoms. The standard InChI is InChI=1S/C17H16ClN5O/c1-9-3-4-10(18)7-11(9)15-12(16(19)24)8-14(22-15)13-5-6-21-17(20-2)23-13/h3-8,22H,1-2H3,(H2,19,24)(H,20,21,23). The molecule has 0 unspecified atom stereocenters. The zero-order valence-electron chi connectivity index (χ0n) is 13.2. The van der Waals surface area contributed by atoms with E-state index >= 15 is 0 Å². The minimum absolute atomic E-state index is 0.389. The van der Waals surface area contributed by atoms with Gasteiger partial charge in [-0.3, -0.25) is 4.79 Å². The van der Waals surface area contributed by atoms with E-state index in [1.165, 1.54) is 0 Å². The van der Waals surface area contributed by atoms with E-state index in [0.717, 1.165) is 11.1 Å². The molecule has 1 amide bonds. The first-order valence-electron chi connectivity index (χ1n) is 7.30. The second-order valence-corrected chi connectivity index (χ2v) is 5.75. The number of nitrogens with two attached hydrogens (primary N) is 1. The monoisotopic (exact) mass is 341 g/mol. The highest BCUT2D eigenvalue weighted by molar-refractivity contribution is 6.31. The third-order valence-corrected chi connectivity index (χ3v) is 3.94. The molecule has 0 saturated carbocycles. The van der Waals surface area contributed by atoms with Gasteiger partial charge in [-0.25, -0.2) is 9.97 Å². The van der Waals surface area contributed by atoms with Crippen LogP contribution in [-0.4, -0.2) is 27.9 Å². The minimum atomic E-state index is -0.519. The van der Waals surface area contributed by atoms with Crippen molar-refractivity contribution >= 4 is 23.5 Å². The van der Waals surface area contributed by atoms with Gasteiger partial charge < -0.3 is 16.0 Å². The summed E-state index contributed by atoms with van der Waals surface area (Å²) in [5.41, 5.74) is 9.70. The number of anilines is 1. The second kappa shape index (κ2) is 6.33. The number of nitrogens with one attached hydrogen (secondary N) is 2. The molecule has 0 aliphatic carbocycles. The van der Waals surface area contributed by atoms with Gasteiger partial charge in [0.25, 0.3) is 5.91 Å². The van der Waals surface area contributed by atoms with Crippen LogP contribution < -0.4 is 11.1 Å². The summed E-state index contributed by atoms with van der Waals surface area (Å²) in [6.07, 6.45) is 1.64. The van der Waals surface area contributed by atoms with E-state index in [2.05, 4.69) is 20.3 Å². The Morgan fingerprint density at radius 1 is 1.29 bits per heavy atom. The Bertz CT molecular complexity index is 919. The SMILES string of the molecule is CNc1nccc(-c2cc(C(N)=O)c(-c3cc(Cl)ccc3C)[nH]2)n1. The molecule has 0 fully saturated rings. The van der Waals surface area contributed by atoms with E-state index in [4.69, 9.17) is 17.3 Å². The summed E-state index contributed by atoms with van der Waals surface area (Å²) >= 11 is 6.10. The molecule has 0 aliphatic heterocycles. The fraction of sp³-hybridized carbons (Fsp3) is 0.118. The van der Waals surface area contributed by atoms with Crippen LogP contribution in [0.3, 0.4) is 0 Å². The van der Waals surface area contributed by atoms with Crippen LogP contribution >= 0.6 is 11.6 Å². The molecule has 0 radical (unpaired) electrons. The van der Waals surface area contributed by atoms with Gasteiger partial charge in [-0.1, -0.05) is 17.7 Å². The topological polar surface area (TPSA) is 96.7 Å². The van der Waals surface area contributed by atoms with Gasteiger partial charge >= 0.3 is 0 Å². The van der Waals surface area contributed by atoms with Gasteiger partial charge in [0.15, 0.2) is 0 Å². The predicted octanol–water partition coefficient (Wildman–Crippen LogP) is 3.24. The molecule has 122 valence electrons. The van der Waals surface area contributed by atoms with Gasteiger partial charge in [0.1, 0.15) is 0 Å². The number of aromatic nitrogens is 3. The summed E-state index contributed by atoms with van der Waals surface area (Å²) in [6.45, 7) is 1.95. The van der Waals surface area contributed by atoms with Gasteiger partial charge in [-0.05, 0) is 36.8 Å². The molecule has 0 aliphatic rings. The van der Waals surface area contributed by atoms with Gasteiger partial charge in [0.2, 0.25) is 5.95 Å². The highest BCUT2D eigenvalue weighted by atomic mass is 35.5. The Labute approximate surface area is 144 Å². The quantitative estimate of drug-likeness (QED) is 0.678. The van der Waals surface area contributed by atoms with Crippen LogP contribution in [0.4, 0.5) is 5.95 Å². The lowest BCUT2D eigenvalue weighted by atomic mass is 10.0. The van der Waals surface area contributed by atoms with E-state index < -0.39 is 5.91 Å². The van der Waals surface area contributed by atoms with E-state index in [1.54, 1.807) is 37.5 Å². The number of carbonyl (C=O) groups is 1. The molecular weight excluding hydrogens is 326 g/mol. The van der Waals surface area contributed by atoms with Crippen molar-refractivity contribution in [1.82, 2.24) is 15.0 Å². The van der Waals surface area contributed by atoms with Gasteiger partial charge in [-0.2, -0.15) is 0 Å². The number of benzene rings is 1. The van der Waals surface area contributed by atoms with Gasteiger partial charge in [0, 0.05) is 23.8 Å². The lowest BCUT2D eigenvalue weighted by Gasteiger charge is -2.06. The number of nitrogens with zero attached hydrogens (tertiary/aromatic N) is 2. The number of hydrogen-bond acceptors (Lipinski definition) is 4. The molecule has 2 aromatic heterocycles. The van der Waals surface area contributed by atoms with Crippen LogP contribution in [0.1, 0.15) is 15.9 Å². The molecular formula is C17H16ClN5O. The number of primary amides is 1. The van der Waals surface area contributed by atoms with Crippen molar-refractivity contribution in [3.63, 3.8) is 0 Å². The molecule has 1 aromatic carbocycles. The number of amides is 1. The van der Waals surface area contributed by atoms with E-state index in [9.17, 15) is 4.79 Å². The van der Waals surface area contributed by atoms with Crippen molar-refractivity contribution in [1.29, 1.82) is 0 Å². The Morgan fingerprint density at radius 3 is 2.79 bits per heavy atom. The first kappa shape index (κ1) is 16.0. The maximum absolute atomic E-state index is 11.9. The summed E-state index contributed by atoms with van der Waals surface area (Å²) < 4.78 is 0. The highest BCUT2D eigenvalue weighted by Crippen LogP contribution is 2.32. The predicted molar refractivity (Wildman–Crippen MR) is 95.1 cm³/mol. The van der Waals surface area contributed by atoms with Crippen LogP contribution in [0.2, 0.25) is 5.02 Å². The van der Waals surface area contributed by atoms with Crippen molar-refractivity contribution in [3.8, 4) is 22.6 Å². The average Bonchev–Trinajstić information content (AvgIpc) is 3.02. The highest BCUT2D eigenvalue weighted by Gasteiger charge is 2.18. The lowest BCUT2D eigenvalue weighted by molar-refractivity contribution is 0.100. The largest absolute Gasteiger partial charge is 0.366 e. The van der Waals surface area contributed by atoms with Crippen LogP contribution in [0.25, 0.3) is 22.6 Å². The summed E-state index contributed by atoms with van der Waals surface area (Å²) in [6, 6.07) is 8.95. The number of H-pyrrole nitrogens is 1. The number of aryl methyl sites for hydroxylation is 1. The molecule has 4 N–H and O–H groups in total. The van der Waals surface area contributed by atoms with Gasteiger partial charge in [0.05, 0.1) is 22.6 Å². The smallest absolute Gasteiger partial charge is 0.250 e. The summed E-state index contributed by atoms with van der Waals surface area (Å²) in [7, 11) is 1.74. The zero-order chi connectivity index (χ0) is 17.3. The zero-order valence-corrected chi connectivity index (χ0v) is 14.0. The van der Waals surface area contributed by atoms with Crippen LogP contribution in [-0.2, 0) is 0 Å². The molecule has 24 heavy (non-hydrogen) atoms. The maximum atomic E-state index is 11.9. The fourth-order valence-electron chi connectivity index (χ4n) is 2.49. The molecule has 3 aromatic rings. The fourth-order valence-corrected chi connectivity index (χ4v) is 2.66. The first-order valence-corrected chi connectivity index (χ1v) is 7.68. The molecule has 0 saturated heterocycles. The molecule has 2 heterocycles. The maximum Gasteiger partial charge on any atom is 0.250 e. The van der Waals surface area contributed by atoms with Crippen molar-refractivity contribution < 1.29 is 4.79 Å². The van der Waals surface area contributed by atoms with E-state index in [-0.39, 0.29) is 0 Å². The number of aromatic amines is 1. The Hall–Kier alpha value is -2.86. The van der Waals surface area contributed by atoms with Gasteiger partial charge in [-0.15, -0.1) is 0 Å². The third-order valence-electron chi connectivity index (χ3n) is 3.71.